The quantitative estimate of drug-likeness (QED) is 0.723. The molecule has 0 radical (unpaired) electrons. The fourth-order valence-corrected chi connectivity index (χ4v) is 1.90. The number of aryl methyl sites for hydroxylation is 1. The van der Waals surface area contributed by atoms with Gasteiger partial charge in [0, 0.05) is 25.0 Å². The zero-order chi connectivity index (χ0) is 13.4. The largest absolute Gasteiger partial charge is 0.477 e. The third-order valence-corrected chi connectivity index (χ3v) is 2.98. The van der Waals surface area contributed by atoms with Gasteiger partial charge in [0.05, 0.1) is 0 Å². The molecule has 0 saturated carbocycles. The maximum atomic E-state index is 11.3. The van der Waals surface area contributed by atoms with Crippen molar-refractivity contribution in [3.63, 3.8) is 0 Å². The van der Waals surface area contributed by atoms with Crippen molar-refractivity contribution in [1.29, 1.82) is 0 Å². The second kappa shape index (κ2) is 7.69. The Kier molecular flexibility index (Phi) is 6.19. The van der Waals surface area contributed by atoms with Gasteiger partial charge in [0.1, 0.15) is 5.56 Å². The van der Waals surface area contributed by atoms with Crippen LogP contribution >= 0.6 is 0 Å². The van der Waals surface area contributed by atoms with E-state index in [1.54, 1.807) is 10.8 Å². The molecule has 100 valence electrons. The monoisotopic (exact) mass is 251 g/mol. The number of carboxylic acid groups (broad SMARTS) is 1. The Balaban J connectivity index is 2.41. The zero-order valence-corrected chi connectivity index (χ0v) is 10.9. The van der Waals surface area contributed by atoms with Crippen molar-refractivity contribution in [3.8, 4) is 0 Å². The molecule has 18 heavy (non-hydrogen) atoms. The van der Waals surface area contributed by atoms with Gasteiger partial charge in [0.25, 0.3) is 0 Å². The number of hydrogen-bond donors (Lipinski definition) is 1. The maximum Gasteiger partial charge on any atom is 0.341 e. The summed E-state index contributed by atoms with van der Waals surface area (Å²) < 4.78 is 1.78. The van der Waals surface area contributed by atoms with Gasteiger partial charge in [-0.2, -0.15) is 0 Å². The van der Waals surface area contributed by atoms with Crippen molar-refractivity contribution < 1.29 is 9.90 Å². The summed E-state index contributed by atoms with van der Waals surface area (Å²) >= 11 is 0. The highest BCUT2D eigenvalue weighted by molar-refractivity contribution is 5.86. The Morgan fingerprint density at radius 2 is 1.89 bits per heavy atom. The van der Waals surface area contributed by atoms with E-state index in [0.29, 0.717) is 0 Å². The Labute approximate surface area is 107 Å². The molecule has 1 aromatic rings. The van der Waals surface area contributed by atoms with E-state index in [4.69, 9.17) is 5.11 Å². The summed E-state index contributed by atoms with van der Waals surface area (Å²) in [5.74, 6) is -1.16. The second-order valence-electron chi connectivity index (χ2n) is 4.53. The van der Waals surface area contributed by atoms with Gasteiger partial charge in [0.15, 0.2) is 5.43 Å². The lowest BCUT2D eigenvalue weighted by Gasteiger charge is -2.06. The highest BCUT2D eigenvalue weighted by Crippen LogP contribution is 2.06. The maximum absolute atomic E-state index is 11.3. The highest BCUT2D eigenvalue weighted by atomic mass is 16.4. The Morgan fingerprint density at radius 1 is 1.22 bits per heavy atom. The predicted octanol–water partition coefficient (Wildman–Crippen LogP) is 2.91. The van der Waals surface area contributed by atoms with E-state index < -0.39 is 11.4 Å². The van der Waals surface area contributed by atoms with Crippen LogP contribution in [-0.4, -0.2) is 15.6 Å². The first-order chi connectivity index (χ1) is 8.65. The molecule has 1 N–H and O–H groups in total. The average Bonchev–Trinajstić information content (AvgIpc) is 2.35. The SMILES string of the molecule is CCCCCCCCn1ccc(=O)c(C(=O)O)c1. The van der Waals surface area contributed by atoms with E-state index in [9.17, 15) is 9.59 Å². The molecule has 0 aliphatic carbocycles. The molecule has 4 nitrogen and oxygen atoms in total. The number of aromatic nitrogens is 1. The molecule has 0 fully saturated rings. The number of unbranched alkanes of at least 4 members (excludes halogenated alkanes) is 5. The molecule has 1 aromatic heterocycles. The first-order valence-electron chi connectivity index (χ1n) is 6.58. The summed E-state index contributed by atoms with van der Waals surface area (Å²) in [7, 11) is 0. The van der Waals surface area contributed by atoms with Crippen molar-refractivity contribution in [2.24, 2.45) is 0 Å². The van der Waals surface area contributed by atoms with Crippen LogP contribution < -0.4 is 5.43 Å². The molecule has 0 aliphatic heterocycles. The molecule has 0 aromatic carbocycles. The molecule has 0 unspecified atom stereocenters. The van der Waals surface area contributed by atoms with Crippen LogP contribution in [0.4, 0.5) is 0 Å². The minimum Gasteiger partial charge on any atom is -0.477 e. The van der Waals surface area contributed by atoms with Gasteiger partial charge < -0.3 is 9.67 Å². The fraction of sp³-hybridized carbons (Fsp3) is 0.571. The van der Waals surface area contributed by atoms with Gasteiger partial charge in [-0.3, -0.25) is 4.79 Å². The summed E-state index contributed by atoms with van der Waals surface area (Å²) in [5.41, 5.74) is -0.579. The predicted molar refractivity (Wildman–Crippen MR) is 71.0 cm³/mol. The van der Waals surface area contributed by atoms with Gasteiger partial charge in [-0.1, -0.05) is 39.0 Å². The van der Waals surface area contributed by atoms with Gasteiger partial charge in [-0.25, -0.2) is 4.79 Å². The van der Waals surface area contributed by atoms with Gasteiger partial charge >= 0.3 is 5.97 Å². The third kappa shape index (κ3) is 4.73. The summed E-state index contributed by atoms with van der Waals surface area (Å²) in [6, 6.07) is 1.32. The second-order valence-corrected chi connectivity index (χ2v) is 4.53. The van der Waals surface area contributed by atoms with E-state index in [1.807, 2.05) is 0 Å². The van der Waals surface area contributed by atoms with Crippen LogP contribution in [0.15, 0.2) is 23.3 Å². The molecule has 0 saturated heterocycles. The van der Waals surface area contributed by atoms with Crippen LogP contribution in [0.3, 0.4) is 0 Å². The number of nitrogens with zero attached hydrogens (tertiary/aromatic N) is 1. The minimum atomic E-state index is -1.16. The van der Waals surface area contributed by atoms with Crippen LogP contribution in [-0.2, 0) is 6.54 Å². The highest BCUT2D eigenvalue weighted by Gasteiger charge is 2.07. The van der Waals surface area contributed by atoms with Crippen molar-refractivity contribution in [3.05, 3.63) is 34.2 Å². The van der Waals surface area contributed by atoms with Crippen molar-refractivity contribution in [1.82, 2.24) is 4.57 Å². The fourth-order valence-electron chi connectivity index (χ4n) is 1.90. The molecular weight excluding hydrogens is 230 g/mol. The van der Waals surface area contributed by atoms with E-state index in [1.165, 1.54) is 37.9 Å². The standard InChI is InChI=1S/C14H21NO3/c1-2-3-4-5-6-7-9-15-10-8-13(16)12(11-15)14(17)18/h8,10-11H,2-7,9H2,1H3,(H,17,18). The lowest BCUT2D eigenvalue weighted by molar-refractivity contribution is 0.0694. The Morgan fingerprint density at radius 3 is 2.56 bits per heavy atom. The molecule has 0 spiro atoms. The normalized spacial score (nSPS) is 10.5. The average molecular weight is 251 g/mol. The third-order valence-electron chi connectivity index (χ3n) is 2.98. The van der Waals surface area contributed by atoms with Gasteiger partial charge in [-0.15, -0.1) is 0 Å². The molecular formula is C14H21NO3. The van der Waals surface area contributed by atoms with E-state index in [0.717, 1.165) is 19.4 Å². The molecule has 0 bridgehead atoms. The van der Waals surface area contributed by atoms with E-state index >= 15 is 0 Å². The Hall–Kier alpha value is -1.58. The topological polar surface area (TPSA) is 59.3 Å². The summed E-state index contributed by atoms with van der Waals surface area (Å²) in [4.78, 5) is 22.1. The molecule has 1 rings (SSSR count). The molecule has 0 amide bonds. The van der Waals surface area contributed by atoms with Crippen molar-refractivity contribution in [2.45, 2.75) is 52.0 Å². The van der Waals surface area contributed by atoms with E-state index in [2.05, 4.69) is 6.92 Å². The van der Waals surface area contributed by atoms with Gasteiger partial charge in [-0.05, 0) is 6.42 Å². The number of carbonyl (C=O) groups is 1. The summed E-state index contributed by atoms with van der Waals surface area (Å²) in [6.07, 6.45) is 10.3. The summed E-state index contributed by atoms with van der Waals surface area (Å²) in [6.45, 7) is 2.96. The number of aromatic carboxylic acids is 1. The van der Waals surface area contributed by atoms with Crippen molar-refractivity contribution in [2.75, 3.05) is 0 Å². The number of carboxylic acids is 1. The smallest absolute Gasteiger partial charge is 0.341 e. The van der Waals surface area contributed by atoms with E-state index in [-0.39, 0.29) is 5.56 Å². The Bertz CT molecular complexity index is 437. The van der Waals surface area contributed by atoms with Crippen LogP contribution in [0.5, 0.6) is 0 Å². The van der Waals surface area contributed by atoms with Crippen LogP contribution in [0.1, 0.15) is 55.8 Å². The molecule has 4 heteroatoms. The summed E-state index contributed by atoms with van der Waals surface area (Å²) in [5, 5.41) is 8.85. The van der Waals surface area contributed by atoms with Gasteiger partial charge in [0.2, 0.25) is 0 Å². The first kappa shape index (κ1) is 14.5. The van der Waals surface area contributed by atoms with Crippen LogP contribution in [0.25, 0.3) is 0 Å². The zero-order valence-electron chi connectivity index (χ0n) is 10.9. The molecule has 0 atom stereocenters. The number of rotatable bonds is 8. The van der Waals surface area contributed by atoms with Crippen LogP contribution in [0.2, 0.25) is 0 Å². The van der Waals surface area contributed by atoms with Crippen molar-refractivity contribution >= 4 is 5.97 Å². The minimum absolute atomic E-state index is 0.150. The lowest BCUT2D eigenvalue weighted by atomic mass is 10.1. The number of hydrogen-bond acceptors (Lipinski definition) is 2. The molecule has 1 heterocycles. The first-order valence-corrected chi connectivity index (χ1v) is 6.58. The molecule has 0 aliphatic rings. The lowest BCUT2D eigenvalue weighted by Crippen LogP contribution is -2.16. The number of pyridine rings is 1. The van der Waals surface area contributed by atoms with Crippen LogP contribution in [0, 0.1) is 0 Å².